The van der Waals surface area contributed by atoms with E-state index in [2.05, 4.69) is 31.2 Å². The van der Waals surface area contributed by atoms with Crippen LogP contribution in [0.1, 0.15) is 13.3 Å². The van der Waals surface area contributed by atoms with Crippen molar-refractivity contribution < 1.29 is 9.84 Å². The second kappa shape index (κ2) is 5.87. The van der Waals surface area contributed by atoms with Crippen LogP contribution in [0.2, 0.25) is 0 Å². The largest absolute Gasteiger partial charge is 0.480 e. The van der Waals surface area contributed by atoms with E-state index in [0.29, 0.717) is 22.7 Å². The van der Waals surface area contributed by atoms with Gasteiger partial charge >= 0.3 is 0 Å². The second-order valence-corrected chi connectivity index (χ2v) is 3.96. The Morgan fingerprint density at radius 2 is 2.40 bits per heavy atom. The lowest BCUT2D eigenvalue weighted by Crippen LogP contribution is -2.18. The maximum absolute atomic E-state index is 8.75. The van der Waals surface area contributed by atoms with Gasteiger partial charge in [-0.05, 0) is 29.3 Å². The van der Waals surface area contributed by atoms with E-state index in [4.69, 9.17) is 9.84 Å². The summed E-state index contributed by atoms with van der Waals surface area (Å²) >= 11 is 3.27. The average Bonchev–Trinajstić information content (AvgIpc) is 2.21. The third kappa shape index (κ3) is 3.64. The molecule has 0 fully saturated rings. The summed E-state index contributed by atoms with van der Waals surface area (Å²) in [5.74, 6) is 0.986. The van der Waals surface area contributed by atoms with Gasteiger partial charge in [-0.15, -0.1) is 0 Å². The SMILES string of the molecule is COc1nc(NC(C)CCO)ncc1Br. The molecule has 1 atom stereocenters. The fourth-order valence-corrected chi connectivity index (χ4v) is 1.40. The number of nitrogens with one attached hydrogen (secondary N) is 1. The van der Waals surface area contributed by atoms with E-state index in [1.165, 1.54) is 0 Å². The lowest BCUT2D eigenvalue weighted by atomic mass is 10.2. The maximum Gasteiger partial charge on any atom is 0.232 e. The quantitative estimate of drug-likeness (QED) is 0.851. The van der Waals surface area contributed by atoms with Crippen LogP contribution in [0.5, 0.6) is 5.88 Å². The number of aliphatic hydroxyl groups is 1. The zero-order valence-corrected chi connectivity index (χ0v) is 10.3. The molecule has 1 heterocycles. The molecule has 15 heavy (non-hydrogen) atoms. The first kappa shape index (κ1) is 12.2. The number of nitrogens with zero attached hydrogens (tertiary/aromatic N) is 2. The van der Waals surface area contributed by atoms with Gasteiger partial charge in [0.15, 0.2) is 0 Å². The molecule has 6 heteroatoms. The molecule has 5 nitrogen and oxygen atoms in total. The van der Waals surface area contributed by atoms with Crippen LogP contribution in [0, 0.1) is 0 Å². The van der Waals surface area contributed by atoms with E-state index >= 15 is 0 Å². The highest BCUT2D eigenvalue weighted by Crippen LogP contribution is 2.22. The maximum atomic E-state index is 8.75. The van der Waals surface area contributed by atoms with E-state index in [9.17, 15) is 0 Å². The van der Waals surface area contributed by atoms with Gasteiger partial charge in [0.2, 0.25) is 11.8 Å². The molecule has 0 saturated heterocycles. The van der Waals surface area contributed by atoms with E-state index in [1.807, 2.05) is 6.92 Å². The van der Waals surface area contributed by atoms with Gasteiger partial charge < -0.3 is 15.2 Å². The summed E-state index contributed by atoms with van der Waals surface area (Å²) in [5, 5.41) is 11.8. The van der Waals surface area contributed by atoms with Crippen LogP contribution in [-0.4, -0.2) is 34.8 Å². The fourth-order valence-electron chi connectivity index (χ4n) is 1.05. The van der Waals surface area contributed by atoms with Crippen molar-refractivity contribution in [1.29, 1.82) is 0 Å². The minimum atomic E-state index is 0.126. The third-order valence-corrected chi connectivity index (χ3v) is 2.39. The lowest BCUT2D eigenvalue weighted by Gasteiger charge is -2.12. The van der Waals surface area contributed by atoms with Gasteiger partial charge in [-0.3, -0.25) is 0 Å². The molecule has 0 aliphatic carbocycles. The lowest BCUT2D eigenvalue weighted by molar-refractivity contribution is 0.282. The smallest absolute Gasteiger partial charge is 0.232 e. The molecule has 0 saturated carbocycles. The van der Waals surface area contributed by atoms with Gasteiger partial charge in [0, 0.05) is 12.6 Å². The molecule has 0 radical (unpaired) electrons. The van der Waals surface area contributed by atoms with Crippen molar-refractivity contribution in [1.82, 2.24) is 9.97 Å². The highest BCUT2D eigenvalue weighted by molar-refractivity contribution is 9.10. The molecule has 0 aliphatic heterocycles. The Kier molecular flexibility index (Phi) is 4.77. The van der Waals surface area contributed by atoms with Crippen LogP contribution in [0.3, 0.4) is 0 Å². The Balaban J connectivity index is 2.69. The Hall–Kier alpha value is -0.880. The predicted octanol–water partition coefficient (Wildman–Crippen LogP) is 1.43. The van der Waals surface area contributed by atoms with Gasteiger partial charge in [-0.25, -0.2) is 4.98 Å². The highest BCUT2D eigenvalue weighted by atomic mass is 79.9. The third-order valence-electron chi connectivity index (χ3n) is 1.84. The number of ether oxygens (including phenoxy) is 1. The number of hydrogen-bond donors (Lipinski definition) is 2. The zero-order valence-electron chi connectivity index (χ0n) is 8.70. The van der Waals surface area contributed by atoms with Crippen molar-refractivity contribution in [3.8, 4) is 5.88 Å². The Morgan fingerprint density at radius 3 is 3.00 bits per heavy atom. The van der Waals surface area contributed by atoms with Gasteiger partial charge in [-0.2, -0.15) is 4.98 Å². The predicted molar refractivity (Wildman–Crippen MR) is 61.1 cm³/mol. The van der Waals surface area contributed by atoms with Crippen LogP contribution in [0.15, 0.2) is 10.7 Å². The van der Waals surface area contributed by atoms with Crippen molar-refractivity contribution in [2.45, 2.75) is 19.4 Å². The monoisotopic (exact) mass is 275 g/mol. The van der Waals surface area contributed by atoms with Crippen molar-refractivity contribution in [3.63, 3.8) is 0 Å². The van der Waals surface area contributed by atoms with E-state index < -0.39 is 0 Å². The Bertz CT molecular complexity index is 322. The first-order valence-corrected chi connectivity index (χ1v) is 5.40. The highest BCUT2D eigenvalue weighted by Gasteiger charge is 2.07. The number of rotatable bonds is 5. The van der Waals surface area contributed by atoms with E-state index in [0.717, 1.165) is 0 Å². The molecule has 1 aromatic rings. The number of hydrogen-bond acceptors (Lipinski definition) is 5. The molecule has 1 unspecified atom stereocenters. The Morgan fingerprint density at radius 1 is 1.67 bits per heavy atom. The molecule has 0 amide bonds. The van der Waals surface area contributed by atoms with Gasteiger partial charge in [0.1, 0.15) is 0 Å². The van der Waals surface area contributed by atoms with E-state index in [-0.39, 0.29) is 12.6 Å². The number of methoxy groups -OCH3 is 1. The number of aliphatic hydroxyl groups excluding tert-OH is 1. The molecule has 0 aliphatic rings. The van der Waals surface area contributed by atoms with Crippen molar-refractivity contribution in [2.24, 2.45) is 0 Å². The van der Waals surface area contributed by atoms with Crippen molar-refractivity contribution in [3.05, 3.63) is 10.7 Å². The second-order valence-electron chi connectivity index (χ2n) is 3.11. The zero-order chi connectivity index (χ0) is 11.3. The molecule has 0 aromatic carbocycles. The molecule has 0 spiro atoms. The molecule has 1 aromatic heterocycles. The fraction of sp³-hybridized carbons (Fsp3) is 0.556. The molecular formula is C9H14BrN3O2. The molecule has 84 valence electrons. The summed E-state index contributed by atoms with van der Waals surface area (Å²) in [6, 6.07) is 0.126. The van der Waals surface area contributed by atoms with Crippen LogP contribution in [-0.2, 0) is 0 Å². The number of halogens is 1. The summed E-state index contributed by atoms with van der Waals surface area (Å²) in [6.07, 6.45) is 2.28. The summed E-state index contributed by atoms with van der Waals surface area (Å²) < 4.78 is 5.75. The first-order chi connectivity index (χ1) is 7.17. The summed E-state index contributed by atoms with van der Waals surface area (Å²) in [4.78, 5) is 8.22. The molecular weight excluding hydrogens is 262 g/mol. The van der Waals surface area contributed by atoms with Crippen molar-refractivity contribution >= 4 is 21.9 Å². The van der Waals surface area contributed by atoms with Crippen LogP contribution >= 0.6 is 15.9 Å². The molecule has 2 N–H and O–H groups in total. The summed E-state index contributed by atoms with van der Waals surface area (Å²) in [5.41, 5.74) is 0. The van der Waals surface area contributed by atoms with Crippen LogP contribution < -0.4 is 10.1 Å². The first-order valence-electron chi connectivity index (χ1n) is 4.61. The number of anilines is 1. The van der Waals surface area contributed by atoms with Crippen LogP contribution in [0.4, 0.5) is 5.95 Å². The minimum absolute atomic E-state index is 0.126. The molecule has 1 rings (SSSR count). The van der Waals surface area contributed by atoms with Crippen molar-refractivity contribution in [2.75, 3.05) is 19.0 Å². The van der Waals surface area contributed by atoms with E-state index in [1.54, 1.807) is 13.3 Å². The normalized spacial score (nSPS) is 12.3. The molecule has 0 bridgehead atoms. The van der Waals surface area contributed by atoms with Gasteiger partial charge in [0.05, 0.1) is 17.8 Å². The standard InChI is InChI=1S/C9H14BrN3O2/c1-6(3-4-14)12-9-11-5-7(10)8(13-9)15-2/h5-6,14H,3-4H2,1-2H3,(H,11,12,13). The number of aromatic nitrogens is 2. The Labute approximate surface area is 97.0 Å². The average molecular weight is 276 g/mol. The van der Waals surface area contributed by atoms with Crippen LogP contribution in [0.25, 0.3) is 0 Å². The summed E-state index contributed by atoms with van der Waals surface area (Å²) in [7, 11) is 1.55. The van der Waals surface area contributed by atoms with Gasteiger partial charge in [-0.1, -0.05) is 0 Å². The summed E-state index contributed by atoms with van der Waals surface area (Å²) in [6.45, 7) is 2.09. The van der Waals surface area contributed by atoms with Gasteiger partial charge in [0.25, 0.3) is 0 Å². The topological polar surface area (TPSA) is 67.3 Å². The minimum Gasteiger partial charge on any atom is -0.480 e.